The Morgan fingerprint density at radius 3 is 0.774 bits per heavy atom. The summed E-state index contributed by atoms with van der Waals surface area (Å²) in [4.78, 5) is 19.9. The number of aliphatic hydroxyl groups is 5. The smallest absolute Gasteiger partial charge is 0.137 e. The van der Waals surface area contributed by atoms with Crippen LogP contribution in [0.25, 0.3) is 0 Å². The predicted octanol–water partition coefficient (Wildman–Crippen LogP) is 16.9. The van der Waals surface area contributed by atoms with E-state index in [9.17, 15) is 29.9 Å². The Morgan fingerprint density at radius 1 is 0.313 bits per heavy atom. The summed E-state index contributed by atoms with van der Waals surface area (Å²) >= 11 is 55.4. The Bertz CT molecular complexity index is 4270. The molecule has 5 aliphatic rings. The van der Waals surface area contributed by atoms with Crippen molar-refractivity contribution in [1.82, 2.24) is 73.8 Å². The zero-order valence-electron chi connectivity index (χ0n) is 65.4. The highest BCUT2D eigenvalue weighted by Gasteiger charge is 2.62. The minimum atomic E-state index is -1.04. The van der Waals surface area contributed by atoms with E-state index >= 15 is 0 Å². The topological polar surface area (TPSA) is 255 Å². The molecule has 5 aliphatic carbocycles. The van der Waals surface area contributed by atoms with Gasteiger partial charge in [-0.2, -0.15) is 25.5 Å². The van der Waals surface area contributed by atoms with Crippen LogP contribution in [0.2, 0.25) is 15.1 Å². The van der Waals surface area contributed by atoms with E-state index < -0.39 is 33.4 Å². The van der Waals surface area contributed by atoms with Crippen LogP contribution in [0.3, 0.4) is 0 Å². The molecule has 0 aliphatic heterocycles. The number of hydrogen-bond acceptors (Lipinski definition) is 15. The zero-order chi connectivity index (χ0) is 82.3. The fraction of sp³-hybridized carbons (Fsp3) is 0.529. The first kappa shape index (κ1) is 89.9. The van der Waals surface area contributed by atoms with Gasteiger partial charge >= 0.3 is 0 Å². The second-order valence-electron chi connectivity index (χ2n) is 33.6. The standard InChI is InChI=1S/C17H20Cl3N3O.2C17H21Cl2N3O.C17H21ClFN3O.C17H22ClN3O/c18-8-16(9-19)6-5-14(7-13-1-3-15(20)4-2-13)17(16,24)10-23-12-21-11-22-23;3*1-16(9-18)7-6-14(8-13-2-4-15(19)5-3-13)17(16,23)10-22-12-20-11-21-22;1-16(10-18)8-7-15(9-14-5-3-2-4-6-14)17(16,22)11-21-13-19-12-20-21/h1-4,11-12,14,24H,5-10H2;3*2-5,11-12,14,23H,6-10H2,1H3;2-6,12-13,15,22H,7-11H2,1H3/t14-,17+;14-,16+,17-;14-,16-,17-;14-,16+,17+;15-,16+,17+/m10011/s1. The molecule has 14 atom stereocenters. The molecule has 620 valence electrons. The van der Waals surface area contributed by atoms with Crippen molar-refractivity contribution in [2.24, 2.45) is 56.7 Å². The highest BCUT2D eigenvalue weighted by Crippen LogP contribution is 2.58. The summed E-state index contributed by atoms with van der Waals surface area (Å²) in [7, 11) is 0. The number of aromatic nitrogens is 15. The molecule has 15 rings (SSSR count). The van der Waals surface area contributed by atoms with E-state index in [1.807, 2.05) is 97.9 Å². The Kier molecular flexibility index (Phi) is 30.6. The summed E-state index contributed by atoms with van der Waals surface area (Å²) in [6.45, 7) is 10.2. The molecule has 5 saturated carbocycles. The van der Waals surface area contributed by atoms with Crippen LogP contribution in [0, 0.1) is 62.5 Å². The fourth-order valence-electron chi connectivity index (χ4n) is 18.5. The lowest BCUT2D eigenvalue weighted by Gasteiger charge is -2.43. The molecule has 0 unspecified atom stereocenters. The average molecular weight is 1750 g/mol. The van der Waals surface area contributed by atoms with Crippen LogP contribution in [-0.2, 0) is 64.8 Å². The Balaban J connectivity index is 0.000000142. The number of halogens is 10. The van der Waals surface area contributed by atoms with E-state index in [1.54, 1.807) is 67.2 Å². The summed E-state index contributed by atoms with van der Waals surface area (Å²) in [5, 5.41) is 80.8. The van der Waals surface area contributed by atoms with E-state index in [0.29, 0.717) is 79.4 Å². The SMILES string of the molecule is C[C@@]1(CCl)CC[C@@H](Cc2ccc(Cl)cc2)[C@@]1(O)Cn1cncn1.C[C@@]1(CCl)CC[C@H](Cc2ccc(F)cc2)[C@@]1(O)Cn1cncn1.C[C@@]1(CCl)CC[C@H](Cc2ccccc2)[C@@]1(O)Cn1cncn1.C[C@]1(CCl)CC[C@@H](Cc2ccc(Cl)cc2)[C@@]1(O)Cn1cncn1.O[C@@]1(Cn2cncn2)[C@@H](Cc2ccc(Cl)cc2)CCC1(CCl)CCl. The van der Waals surface area contributed by atoms with Crippen molar-refractivity contribution in [3.05, 3.63) is 239 Å². The first-order valence-corrected chi connectivity index (χ1v) is 43.5. The van der Waals surface area contributed by atoms with Crippen molar-refractivity contribution in [3.8, 4) is 0 Å². The summed E-state index contributed by atoms with van der Waals surface area (Å²) < 4.78 is 21.5. The van der Waals surface area contributed by atoms with Crippen molar-refractivity contribution in [3.63, 3.8) is 0 Å². The molecule has 115 heavy (non-hydrogen) atoms. The number of rotatable bonds is 26. The van der Waals surface area contributed by atoms with Gasteiger partial charge in [-0.1, -0.05) is 141 Å². The van der Waals surface area contributed by atoms with Gasteiger partial charge in [0.1, 0.15) is 69.1 Å². The highest BCUT2D eigenvalue weighted by molar-refractivity contribution is 6.31. The largest absolute Gasteiger partial charge is 0.387 e. The van der Waals surface area contributed by atoms with E-state index in [4.69, 9.17) is 104 Å². The molecule has 0 spiro atoms. The Morgan fingerprint density at radius 2 is 0.539 bits per heavy atom. The van der Waals surface area contributed by atoms with E-state index in [0.717, 1.165) is 111 Å². The first-order valence-electron chi connectivity index (χ1n) is 39.1. The maximum atomic E-state index is 13.1. The number of alkyl halides is 6. The lowest BCUT2D eigenvalue weighted by Crippen LogP contribution is -2.54. The Labute approximate surface area is 718 Å². The maximum Gasteiger partial charge on any atom is 0.137 e. The van der Waals surface area contributed by atoms with Gasteiger partial charge in [-0.05, 0) is 202 Å². The molecule has 5 aromatic heterocycles. The third-order valence-electron chi connectivity index (χ3n) is 26.6. The molecule has 20 nitrogen and oxygen atoms in total. The third-order valence-corrected chi connectivity index (χ3v) is 30.7. The third kappa shape index (κ3) is 20.3. The summed E-state index contributed by atoms with van der Waals surface area (Å²) in [6.07, 6.45) is 28.5. The summed E-state index contributed by atoms with van der Waals surface area (Å²) in [6, 6.07) is 40.2. The lowest BCUT2D eigenvalue weighted by atomic mass is 9.72. The van der Waals surface area contributed by atoms with Gasteiger partial charge in [-0.15, -0.1) is 69.6 Å². The van der Waals surface area contributed by atoms with Gasteiger partial charge in [0.25, 0.3) is 0 Å². The maximum absolute atomic E-state index is 13.1. The Hall–Kier alpha value is -5.86. The van der Waals surface area contributed by atoms with Crippen LogP contribution >= 0.6 is 104 Å². The molecule has 10 aromatic rings. The fourth-order valence-corrected chi connectivity index (χ4v) is 21.3. The number of hydrogen-bond donors (Lipinski definition) is 5. The van der Waals surface area contributed by atoms with Crippen LogP contribution < -0.4 is 0 Å². The highest BCUT2D eigenvalue weighted by atomic mass is 35.5. The molecule has 0 amide bonds. The minimum absolute atomic E-state index is 0.0420. The summed E-state index contributed by atoms with van der Waals surface area (Å²) in [5.74, 6) is 2.57. The van der Waals surface area contributed by atoms with Crippen molar-refractivity contribution < 1.29 is 29.9 Å². The van der Waals surface area contributed by atoms with Gasteiger partial charge in [-0.25, -0.2) is 29.3 Å². The number of nitrogens with zero attached hydrogens (tertiary/aromatic N) is 15. The van der Waals surface area contributed by atoms with E-state index in [1.165, 1.54) is 60.5 Å². The zero-order valence-corrected chi connectivity index (χ0v) is 72.2. The molecule has 5 fully saturated rings. The monoisotopic (exact) mass is 1750 g/mol. The quantitative estimate of drug-likeness (QED) is 0.0316. The van der Waals surface area contributed by atoms with Crippen molar-refractivity contribution in [1.29, 1.82) is 0 Å². The van der Waals surface area contributed by atoms with Crippen molar-refractivity contribution in [2.75, 3.05) is 35.3 Å². The summed E-state index contributed by atoms with van der Waals surface area (Å²) in [5.41, 5.74) is -0.842. The molecule has 30 heteroatoms. The molecular weight excluding hydrogens is 1650 g/mol. The van der Waals surface area contributed by atoms with Gasteiger partial charge in [0, 0.05) is 77.4 Å². The second-order valence-corrected chi connectivity index (χ2v) is 36.5. The molecule has 0 radical (unpaired) electrons. The predicted molar refractivity (Wildman–Crippen MR) is 453 cm³/mol. The van der Waals surface area contributed by atoms with Crippen LogP contribution in [0.5, 0.6) is 0 Å². The molecule has 5 aromatic carbocycles. The molecule has 0 saturated heterocycles. The van der Waals surface area contributed by atoms with Gasteiger partial charge in [0.05, 0.1) is 60.7 Å². The molecule has 5 heterocycles. The second kappa shape index (κ2) is 39.1. The molecule has 5 N–H and O–H groups in total. The lowest BCUT2D eigenvalue weighted by molar-refractivity contribution is -0.0892. The van der Waals surface area contributed by atoms with Crippen molar-refractivity contribution in [2.45, 2.75) is 185 Å². The minimum Gasteiger partial charge on any atom is -0.387 e. The average Bonchev–Trinajstić information content (AvgIpc) is 1.65. The van der Waals surface area contributed by atoms with Crippen molar-refractivity contribution >= 4 is 104 Å². The molecule has 0 bridgehead atoms. The number of benzene rings is 5. The first-order chi connectivity index (χ1) is 55.0. The van der Waals surface area contributed by atoms with Crippen LogP contribution in [0.15, 0.2) is 191 Å². The van der Waals surface area contributed by atoms with E-state index in [2.05, 4.69) is 83.3 Å². The van der Waals surface area contributed by atoms with Crippen LogP contribution in [0.1, 0.15) is 120 Å². The molecular formula is C85H105Cl9FN15O5. The van der Waals surface area contributed by atoms with Gasteiger partial charge in [-0.3, -0.25) is 23.4 Å². The van der Waals surface area contributed by atoms with Crippen LogP contribution in [-0.4, -0.2) is 163 Å². The normalized spacial score (nSPS) is 29.9. The van der Waals surface area contributed by atoms with Crippen LogP contribution in [0.4, 0.5) is 4.39 Å². The van der Waals surface area contributed by atoms with Gasteiger partial charge < -0.3 is 25.5 Å². The van der Waals surface area contributed by atoms with E-state index in [-0.39, 0.29) is 57.1 Å². The van der Waals surface area contributed by atoms with Gasteiger partial charge in [0.2, 0.25) is 0 Å². The van der Waals surface area contributed by atoms with Gasteiger partial charge in [0.15, 0.2) is 0 Å².